The van der Waals surface area contributed by atoms with Crippen molar-refractivity contribution < 1.29 is 9.13 Å². The highest BCUT2D eigenvalue weighted by atomic mass is 19.1. The molecule has 1 aliphatic rings. The Hall–Kier alpha value is -1.87. The van der Waals surface area contributed by atoms with Gasteiger partial charge in [0, 0.05) is 6.04 Å². The first-order valence-corrected chi connectivity index (χ1v) is 7.30. The third-order valence-electron chi connectivity index (χ3n) is 4.34. The summed E-state index contributed by atoms with van der Waals surface area (Å²) in [5, 5.41) is 3.34. The van der Waals surface area contributed by atoms with Crippen LogP contribution in [0.15, 0.2) is 48.5 Å². The number of hydrogen-bond acceptors (Lipinski definition) is 2. The Balaban J connectivity index is 1.79. The molecule has 2 aromatic rings. The van der Waals surface area contributed by atoms with Gasteiger partial charge in [-0.05, 0) is 48.6 Å². The van der Waals surface area contributed by atoms with Gasteiger partial charge in [0.2, 0.25) is 0 Å². The average molecular weight is 285 g/mol. The van der Waals surface area contributed by atoms with Crippen molar-refractivity contribution in [3.05, 3.63) is 65.5 Å². The van der Waals surface area contributed by atoms with Gasteiger partial charge in [-0.2, -0.15) is 0 Å². The largest absolute Gasteiger partial charge is 0.494 e. The highest BCUT2D eigenvalue weighted by molar-refractivity contribution is 5.34. The van der Waals surface area contributed by atoms with E-state index in [2.05, 4.69) is 29.6 Å². The van der Waals surface area contributed by atoms with Crippen LogP contribution in [0.3, 0.4) is 0 Å². The van der Waals surface area contributed by atoms with Gasteiger partial charge in [-0.15, -0.1) is 0 Å². The van der Waals surface area contributed by atoms with Gasteiger partial charge in [0.25, 0.3) is 0 Å². The molecule has 110 valence electrons. The van der Waals surface area contributed by atoms with Gasteiger partial charge in [-0.25, -0.2) is 4.39 Å². The summed E-state index contributed by atoms with van der Waals surface area (Å²) in [6.45, 7) is 0. The standard InChI is InChI=1S/C18H20FNO/c1-20-18(13-8-9-17(21-2)16(19)10-13)15-11-14(15)12-6-4-3-5-7-12/h3-10,14-15,18,20H,11H2,1-2H3. The van der Waals surface area contributed by atoms with Crippen LogP contribution in [0, 0.1) is 11.7 Å². The van der Waals surface area contributed by atoms with Crippen molar-refractivity contribution >= 4 is 0 Å². The Morgan fingerprint density at radius 2 is 1.95 bits per heavy atom. The number of halogens is 1. The molecule has 2 aromatic carbocycles. The molecule has 0 saturated heterocycles. The number of hydrogen-bond donors (Lipinski definition) is 1. The van der Waals surface area contributed by atoms with Crippen LogP contribution in [0.1, 0.15) is 29.5 Å². The van der Waals surface area contributed by atoms with E-state index in [1.165, 1.54) is 12.7 Å². The summed E-state index contributed by atoms with van der Waals surface area (Å²) in [5.74, 6) is 1.08. The van der Waals surface area contributed by atoms with Crippen molar-refractivity contribution in [3.8, 4) is 5.75 Å². The predicted molar refractivity (Wildman–Crippen MR) is 82.0 cm³/mol. The lowest BCUT2D eigenvalue weighted by Gasteiger charge is -2.17. The molecule has 3 heteroatoms. The highest BCUT2D eigenvalue weighted by Gasteiger charge is 2.43. The van der Waals surface area contributed by atoms with Crippen molar-refractivity contribution in [2.45, 2.75) is 18.4 Å². The third kappa shape index (κ3) is 2.79. The van der Waals surface area contributed by atoms with E-state index >= 15 is 0 Å². The molecule has 3 rings (SSSR count). The third-order valence-corrected chi connectivity index (χ3v) is 4.34. The molecule has 3 atom stereocenters. The first kappa shape index (κ1) is 14.1. The number of methoxy groups -OCH3 is 1. The van der Waals surface area contributed by atoms with Gasteiger partial charge in [-0.1, -0.05) is 36.4 Å². The second-order valence-corrected chi connectivity index (χ2v) is 5.58. The van der Waals surface area contributed by atoms with Gasteiger partial charge < -0.3 is 10.1 Å². The minimum absolute atomic E-state index is 0.176. The molecule has 1 N–H and O–H groups in total. The maximum absolute atomic E-state index is 13.9. The molecular formula is C18H20FNO. The van der Waals surface area contributed by atoms with E-state index in [4.69, 9.17) is 4.74 Å². The van der Waals surface area contributed by atoms with E-state index in [9.17, 15) is 4.39 Å². The molecule has 0 aromatic heterocycles. The summed E-state index contributed by atoms with van der Waals surface area (Å²) in [6, 6.07) is 15.9. The Labute approximate surface area is 125 Å². The SMILES string of the molecule is CNC(c1ccc(OC)c(F)c1)C1CC1c1ccccc1. The van der Waals surface area contributed by atoms with Gasteiger partial charge >= 0.3 is 0 Å². The Morgan fingerprint density at radius 1 is 1.19 bits per heavy atom. The van der Waals surface area contributed by atoms with Crippen molar-refractivity contribution in [2.75, 3.05) is 14.2 Å². The summed E-state index contributed by atoms with van der Waals surface area (Å²) >= 11 is 0. The van der Waals surface area contributed by atoms with Crippen LogP contribution < -0.4 is 10.1 Å². The smallest absolute Gasteiger partial charge is 0.165 e. The fourth-order valence-electron chi connectivity index (χ4n) is 3.17. The minimum Gasteiger partial charge on any atom is -0.494 e. The van der Waals surface area contributed by atoms with E-state index in [1.54, 1.807) is 12.1 Å². The molecule has 1 saturated carbocycles. The Bertz CT molecular complexity index is 614. The first-order valence-electron chi connectivity index (χ1n) is 7.30. The predicted octanol–water partition coefficient (Wildman–Crippen LogP) is 3.90. The lowest BCUT2D eigenvalue weighted by atomic mass is 9.98. The molecule has 0 spiro atoms. The first-order chi connectivity index (χ1) is 10.2. The van der Waals surface area contributed by atoms with E-state index in [-0.39, 0.29) is 11.9 Å². The minimum atomic E-state index is -0.299. The van der Waals surface area contributed by atoms with Crippen LogP contribution in [0.2, 0.25) is 0 Å². The van der Waals surface area contributed by atoms with Crippen LogP contribution in [0.25, 0.3) is 0 Å². The summed E-state index contributed by atoms with van der Waals surface area (Å²) in [5.41, 5.74) is 2.36. The molecule has 0 radical (unpaired) electrons. The lowest BCUT2D eigenvalue weighted by Crippen LogP contribution is -2.19. The van der Waals surface area contributed by atoms with Crippen molar-refractivity contribution in [2.24, 2.45) is 5.92 Å². The van der Waals surface area contributed by atoms with Crippen molar-refractivity contribution in [3.63, 3.8) is 0 Å². The number of rotatable bonds is 5. The average Bonchev–Trinajstić information content (AvgIpc) is 3.30. The highest BCUT2D eigenvalue weighted by Crippen LogP contribution is 2.54. The summed E-state index contributed by atoms with van der Waals surface area (Å²) in [4.78, 5) is 0. The second kappa shape index (κ2) is 5.86. The van der Waals surface area contributed by atoms with Crippen LogP contribution in [0.5, 0.6) is 5.75 Å². The van der Waals surface area contributed by atoms with E-state index in [1.807, 2.05) is 19.2 Å². The summed E-state index contributed by atoms with van der Waals surface area (Å²) in [6.07, 6.45) is 1.14. The zero-order chi connectivity index (χ0) is 14.8. The molecule has 21 heavy (non-hydrogen) atoms. The van der Waals surface area contributed by atoms with Crippen molar-refractivity contribution in [1.82, 2.24) is 5.32 Å². The van der Waals surface area contributed by atoms with E-state index in [0.717, 1.165) is 12.0 Å². The lowest BCUT2D eigenvalue weighted by molar-refractivity contribution is 0.385. The molecule has 1 aliphatic carbocycles. The monoisotopic (exact) mass is 285 g/mol. The van der Waals surface area contributed by atoms with Gasteiger partial charge in [0.05, 0.1) is 7.11 Å². The van der Waals surface area contributed by atoms with Crippen molar-refractivity contribution in [1.29, 1.82) is 0 Å². The van der Waals surface area contributed by atoms with E-state index < -0.39 is 0 Å². The second-order valence-electron chi connectivity index (χ2n) is 5.58. The molecule has 0 bridgehead atoms. The van der Waals surface area contributed by atoms with Gasteiger partial charge in [-0.3, -0.25) is 0 Å². The van der Waals surface area contributed by atoms with Crippen LogP contribution in [-0.4, -0.2) is 14.2 Å². The normalized spacial score (nSPS) is 21.9. The van der Waals surface area contributed by atoms with Gasteiger partial charge in [0.15, 0.2) is 11.6 Å². The molecule has 0 heterocycles. The Morgan fingerprint density at radius 3 is 2.57 bits per heavy atom. The number of ether oxygens (including phenoxy) is 1. The molecule has 2 nitrogen and oxygen atoms in total. The summed E-state index contributed by atoms with van der Waals surface area (Å²) < 4.78 is 18.9. The molecule has 0 amide bonds. The molecular weight excluding hydrogens is 265 g/mol. The fraction of sp³-hybridized carbons (Fsp3) is 0.333. The van der Waals surface area contributed by atoms with Crippen LogP contribution in [-0.2, 0) is 0 Å². The number of benzene rings is 2. The zero-order valence-corrected chi connectivity index (χ0v) is 12.3. The zero-order valence-electron chi connectivity index (χ0n) is 12.3. The quantitative estimate of drug-likeness (QED) is 0.899. The van der Waals surface area contributed by atoms with Gasteiger partial charge in [0.1, 0.15) is 0 Å². The molecule has 3 unspecified atom stereocenters. The molecule has 1 fully saturated rings. The summed E-state index contributed by atoms with van der Waals surface area (Å²) in [7, 11) is 3.42. The van der Waals surface area contributed by atoms with Crippen LogP contribution >= 0.6 is 0 Å². The topological polar surface area (TPSA) is 21.3 Å². The fourth-order valence-corrected chi connectivity index (χ4v) is 3.17. The van der Waals surface area contributed by atoms with Crippen LogP contribution in [0.4, 0.5) is 4.39 Å². The number of nitrogens with one attached hydrogen (secondary N) is 1. The maximum Gasteiger partial charge on any atom is 0.165 e. The van der Waals surface area contributed by atoms with E-state index in [0.29, 0.717) is 17.6 Å². The Kier molecular flexibility index (Phi) is 3.93. The maximum atomic E-state index is 13.9. The molecule has 0 aliphatic heterocycles.